The first kappa shape index (κ1) is 9.79. The highest BCUT2D eigenvalue weighted by atomic mass is 14.9. The highest BCUT2D eigenvalue weighted by Crippen LogP contribution is 2.22. The maximum absolute atomic E-state index is 3.72. The molecule has 0 aromatic heterocycles. The van der Waals surface area contributed by atoms with Gasteiger partial charge in [0.2, 0.25) is 0 Å². The lowest BCUT2D eigenvalue weighted by molar-refractivity contribution is 0.464. The second-order valence-corrected chi connectivity index (χ2v) is 4.01. The van der Waals surface area contributed by atoms with E-state index in [9.17, 15) is 0 Å². The summed E-state index contributed by atoms with van der Waals surface area (Å²) in [5.41, 5.74) is 0. The lowest BCUT2D eigenvalue weighted by Crippen LogP contribution is -2.28. The summed E-state index contributed by atoms with van der Waals surface area (Å²) in [4.78, 5) is 0. The van der Waals surface area contributed by atoms with Gasteiger partial charge in [-0.15, -0.1) is 6.58 Å². The second-order valence-electron chi connectivity index (χ2n) is 4.01. The van der Waals surface area contributed by atoms with Gasteiger partial charge >= 0.3 is 0 Å². The van der Waals surface area contributed by atoms with Crippen LogP contribution in [0.15, 0.2) is 12.7 Å². The number of hydrogen-bond acceptors (Lipinski definition) is 1. The topological polar surface area (TPSA) is 12.0 Å². The summed E-state index contributed by atoms with van der Waals surface area (Å²) in [7, 11) is 0. The van der Waals surface area contributed by atoms with E-state index in [2.05, 4.69) is 18.8 Å². The maximum atomic E-state index is 3.72. The van der Waals surface area contributed by atoms with Gasteiger partial charge in [-0.25, -0.2) is 0 Å². The molecule has 0 bridgehead atoms. The highest BCUT2D eigenvalue weighted by molar-refractivity contribution is 4.77. The molecule has 70 valence electrons. The van der Waals surface area contributed by atoms with E-state index >= 15 is 0 Å². The van der Waals surface area contributed by atoms with E-state index in [1.807, 2.05) is 6.08 Å². The molecule has 1 heteroatoms. The molecule has 0 heterocycles. The van der Waals surface area contributed by atoms with Gasteiger partial charge in [0.15, 0.2) is 0 Å². The van der Waals surface area contributed by atoms with Gasteiger partial charge in [-0.05, 0) is 25.2 Å². The predicted octanol–water partition coefficient (Wildman–Crippen LogP) is 2.73. The van der Waals surface area contributed by atoms with Gasteiger partial charge in [-0.2, -0.15) is 0 Å². The minimum Gasteiger partial charge on any atom is -0.311 e. The van der Waals surface area contributed by atoms with E-state index in [1.54, 1.807) is 0 Å². The van der Waals surface area contributed by atoms with Crippen LogP contribution in [0.4, 0.5) is 0 Å². The van der Waals surface area contributed by atoms with E-state index < -0.39 is 0 Å². The van der Waals surface area contributed by atoms with Crippen molar-refractivity contribution in [1.82, 2.24) is 5.32 Å². The van der Waals surface area contributed by atoms with Crippen LogP contribution >= 0.6 is 0 Å². The van der Waals surface area contributed by atoms with E-state index in [0.717, 1.165) is 18.5 Å². The van der Waals surface area contributed by atoms with E-state index in [-0.39, 0.29) is 0 Å². The minimum absolute atomic E-state index is 0.757. The van der Waals surface area contributed by atoms with Gasteiger partial charge in [0.05, 0.1) is 0 Å². The van der Waals surface area contributed by atoms with Crippen LogP contribution in [0.5, 0.6) is 0 Å². The number of rotatable bonds is 3. The number of hydrogen-bond donors (Lipinski definition) is 1. The zero-order valence-corrected chi connectivity index (χ0v) is 8.18. The van der Waals surface area contributed by atoms with Crippen LogP contribution in [0.25, 0.3) is 0 Å². The molecule has 1 fully saturated rings. The normalized spacial score (nSPS) is 31.1. The number of nitrogens with one attached hydrogen (secondary N) is 1. The third kappa shape index (κ3) is 3.40. The average molecular weight is 167 g/mol. The third-order valence-electron chi connectivity index (χ3n) is 2.81. The molecule has 0 aliphatic heterocycles. The highest BCUT2D eigenvalue weighted by Gasteiger charge is 2.14. The summed E-state index contributed by atoms with van der Waals surface area (Å²) in [6.07, 6.45) is 8.89. The predicted molar refractivity (Wildman–Crippen MR) is 54.2 cm³/mol. The Bertz CT molecular complexity index is 131. The molecule has 2 atom stereocenters. The summed E-state index contributed by atoms with van der Waals surface area (Å²) in [6, 6.07) is 0.757. The van der Waals surface area contributed by atoms with Crippen molar-refractivity contribution >= 4 is 0 Å². The fourth-order valence-corrected chi connectivity index (χ4v) is 1.94. The van der Waals surface area contributed by atoms with Gasteiger partial charge in [0, 0.05) is 12.6 Å². The van der Waals surface area contributed by atoms with Gasteiger partial charge in [0.25, 0.3) is 0 Å². The summed E-state index contributed by atoms with van der Waals surface area (Å²) >= 11 is 0. The Hall–Kier alpha value is -0.300. The van der Waals surface area contributed by atoms with Gasteiger partial charge < -0.3 is 5.32 Å². The zero-order valence-electron chi connectivity index (χ0n) is 8.18. The Kier molecular flexibility index (Phi) is 4.37. The lowest BCUT2D eigenvalue weighted by Gasteiger charge is -2.14. The molecule has 1 saturated carbocycles. The molecule has 0 radical (unpaired) electrons. The first-order chi connectivity index (χ1) is 5.83. The van der Waals surface area contributed by atoms with Crippen LogP contribution in [0.1, 0.15) is 39.0 Å². The molecule has 1 nitrogen and oxygen atoms in total. The molecule has 0 amide bonds. The molecule has 1 rings (SSSR count). The van der Waals surface area contributed by atoms with Crippen molar-refractivity contribution in [3.8, 4) is 0 Å². The summed E-state index contributed by atoms with van der Waals surface area (Å²) in [6.45, 7) is 7.06. The van der Waals surface area contributed by atoms with Crippen LogP contribution in [0, 0.1) is 5.92 Å². The molecule has 0 aromatic rings. The van der Waals surface area contributed by atoms with Crippen molar-refractivity contribution in [3.05, 3.63) is 12.7 Å². The SMILES string of the molecule is C=CCNC1CCCC(C)CC1. The van der Waals surface area contributed by atoms with Gasteiger partial charge in [0.1, 0.15) is 0 Å². The van der Waals surface area contributed by atoms with Crippen LogP contribution in [0.3, 0.4) is 0 Å². The van der Waals surface area contributed by atoms with Crippen molar-refractivity contribution < 1.29 is 0 Å². The van der Waals surface area contributed by atoms with E-state index in [4.69, 9.17) is 0 Å². The summed E-state index contributed by atoms with van der Waals surface area (Å²) < 4.78 is 0. The van der Waals surface area contributed by atoms with Crippen LogP contribution in [-0.2, 0) is 0 Å². The average Bonchev–Trinajstić information content (AvgIpc) is 2.27. The molecule has 1 aliphatic rings. The van der Waals surface area contributed by atoms with Crippen LogP contribution in [0.2, 0.25) is 0 Å². The summed E-state index contributed by atoms with van der Waals surface area (Å²) in [5.74, 6) is 0.945. The molecule has 1 aliphatic carbocycles. The fraction of sp³-hybridized carbons (Fsp3) is 0.818. The molecule has 0 spiro atoms. The molecular formula is C11H21N. The smallest absolute Gasteiger partial charge is 0.0134 e. The van der Waals surface area contributed by atoms with Crippen molar-refractivity contribution in [3.63, 3.8) is 0 Å². The molecule has 12 heavy (non-hydrogen) atoms. The standard InChI is InChI=1S/C11H21N/c1-3-9-12-11-6-4-5-10(2)7-8-11/h3,10-12H,1,4-9H2,2H3. The zero-order chi connectivity index (χ0) is 8.81. The fourth-order valence-electron chi connectivity index (χ4n) is 1.94. The summed E-state index contributed by atoms with van der Waals surface area (Å²) in [5, 5.41) is 3.51. The molecule has 0 aromatic carbocycles. The third-order valence-corrected chi connectivity index (χ3v) is 2.81. The van der Waals surface area contributed by atoms with Crippen molar-refractivity contribution in [2.75, 3.05) is 6.54 Å². The Morgan fingerprint density at radius 1 is 1.33 bits per heavy atom. The first-order valence-corrected chi connectivity index (χ1v) is 5.17. The van der Waals surface area contributed by atoms with Crippen molar-refractivity contribution in [2.45, 2.75) is 45.1 Å². The molecule has 0 saturated heterocycles. The Balaban J connectivity index is 2.21. The largest absolute Gasteiger partial charge is 0.311 e. The minimum atomic E-state index is 0.757. The van der Waals surface area contributed by atoms with E-state index in [0.29, 0.717) is 0 Å². The molecular weight excluding hydrogens is 146 g/mol. The maximum Gasteiger partial charge on any atom is 0.0134 e. The van der Waals surface area contributed by atoms with E-state index in [1.165, 1.54) is 32.1 Å². The lowest BCUT2D eigenvalue weighted by atomic mass is 10.0. The van der Waals surface area contributed by atoms with Gasteiger partial charge in [-0.3, -0.25) is 0 Å². The van der Waals surface area contributed by atoms with Gasteiger partial charge in [-0.1, -0.05) is 25.8 Å². The molecule has 1 N–H and O–H groups in total. The second kappa shape index (κ2) is 5.36. The quantitative estimate of drug-likeness (QED) is 0.503. The van der Waals surface area contributed by atoms with Crippen LogP contribution in [-0.4, -0.2) is 12.6 Å². The van der Waals surface area contributed by atoms with Crippen molar-refractivity contribution in [1.29, 1.82) is 0 Å². The Labute approximate surface area is 76.2 Å². The monoisotopic (exact) mass is 167 g/mol. The van der Waals surface area contributed by atoms with Crippen molar-refractivity contribution in [2.24, 2.45) is 5.92 Å². The Morgan fingerprint density at radius 2 is 2.17 bits per heavy atom. The van der Waals surface area contributed by atoms with Crippen LogP contribution < -0.4 is 5.32 Å². The first-order valence-electron chi connectivity index (χ1n) is 5.17. The Morgan fingerprint density at radius 3 is 2.92 bits per heavy atom. The molecule has 2 unspecified atom stereocenters.